The summed E-state index contributed by atoms with van der Waals surface area (Å²) >= 11 is 1.33. The van der Waals surface area contributed by atoms with E-state index in [4.69, 9.17) is 4.74 Å². The highest BCUT2D eigenvalue weighted by Gasteiger charge is 2.20. The second-order valence-electron chi connectivity index (χ2n) is 8.52. The summed E-state index contributed by atoms with van der Waals surface area (Å²) in [4.78, 5) is 37.7. The van der Waals surface area contributed by atoms with Crippen molar-refractivity contribution in [2.24, 2.45) is 0 Å². The largest absolute Gasteiger partial charge is 0.452 e. The fourth-order valence-corrected chi connectivity index (χ4v) is 5.17. The molecule has 2 amide bonds. The van der Waals surface area contributed by atoms with Gasteiger partial charge in [0.1, 0.15) is 0 Å². The van der Waals surface area contributed by atoms with E-state index >= 15 is 0 Å². The van der Waals surface area contributed by atoms with Gasteiger partial charge in [0.15, 0.2) is 6.61 Å². The van der Waals surface area contributed by atoms with Crippen LogP contribution in [0.5, 0.6) is 0 Å². The Labute approximate surface area is 189 Å². The number of rotatable bonds is 8. The number of hydrogen-bond donors (Lipinski definition) is 2. The van der Waals surface area contributed by atoms with E-state index in [0.29, 0.717) is 10.5 Å². The Bertz CT molecular complexity index is 741. The fraction of sp³-hybridized carbons (Fsp3) is 0.625. The van der Waals surface area contributed by atoms with Crippen LogP contribution in [-0.4, -0.2) is 42.2 Å². The van der Waals surface area contributed by atoms with Crippen LogP contribution in [0.15, 0.2) is 29.2 Å². The Hall–Kier alpha value is -2.02. The third kappa shape index (κ3) is 8.20. The van der Waals surface area contributed by atoms with Crippen LogP contribution in [0.1, 0.15) is 81.0 Å². The molecule has 0 aliphatic heterocycles. The summed E-state index contributed by atoms with van der Waals surface area (Å²) in [5.74, 6) is -0.549. The molecule has 1 aromatic carbocycles. The predicted molar refractivity (Wildman–Crippen MR) is 122 cm³/mol. The molecule has 6 nitrogen and oxygen atoms in total. The first-order chi connectivity index (χ1) is 15.1. The van der Waals surface area contributed by atoms with Gasteiger partial charge in [0.25, 0.3) is 5.91 Å². The van der Waals surface area contributed by atoms with Crippen LogP contribution in [0.25, 0.3) is 0 Å². The van der Waals surface area contributed by atoms with E-state index in [1.807, 2.05) is 12.1 Å². The van der Waals surface area contributed by atoms with Gasteiger partial charge in [0.05, 0.1) is 11.3 Å². The first-order valence-corrected chi connectivity index (χ1v) is 12.6. The third-order valence-electron chi connectivity index (χ3n) is 5.99. The average Bonchev–Trinajstić information content (AvgIpc) is 3.25. The summed E-state index contributed by atoms with van der Waals surface area (Å²) in [6, 6.07) is 7.53. The molecule has 0 spiro atoms. The molecule has 2 N–H and O–H groups in total. The van der Waals surface area contributed by atoms with Crippen molar-refractivity contribution in [3.63, 3.8) is 0 Å². The summed E-state index contributed by atoms with van der Waals surface area (Å²) in [7, 11) is 0. The van der Waals surface area contributed by atoms with Crippen LogP contribution >= 0.6 is 11.8 Å². The van der Waals surface area contributed by atoms with Crippen LogP contribution in [0.2, 0.25) is 0 Å². The van der Waals surface area contributed by atoms with E-state index in [1.54, 1.807) is 12.1 Å². The number of carbonyl (C=O) groups is 3. The maximum absolute atomic E-state index is 12.5. The van der Waals surface area contributed by atoms with Gasteiger partial charge in [-0.1, -0.05) is 57.1 Å². The highest BCUT2D eigenvalue weighted by atomic mass is 32.2. The lowest BCUT2D eigenvalue weighted by Gasteiger charge is -2.21. The van der Waals surface area contributed by atoms with Gasteiger partial charge in [0, 0.05) is 17.0 Å². The zero-order chi connectivity index (χ0) is 21.9. The van der Waals surface area contributed by atoms with Gasteiger partial charge in [0.2, 0.25) is 5.91 Å². The lowest BCUT2D eigenvalue weighted by molar-refractivity contribution is -0.125. The Kier molecular flexibility index (Phi) is 9.72. The van der Waals surface area contributed by atoms with Gasteiger partial charge < -0.3 is 15.4 Å². The lowest BCUT2D eigenvalue weighted by atomic mass is 9.97. The van der Waals surface area contributed by atoms with Crippen molar-refractivity contribution in [2.75, 3.05) is 12.4 Å². The van der Waals surface area contributed by atoms with Gasteiger partial charge in [-0.25, -0.2) is 4.79 Å². The third-order valence-corrected chi connectivity index (χ3v) is 7.06. The van der Waals surface area contributed by atoms with E-state index in [0.717, 1.165) is 38.5 Å². The molecule has 2 aliphatic rings. The van der Waals surface area contributed by atoms with E-state index < -0.39 is 5.97 Å². The maximum Gasteiger partial charge on any atom is 0.339 e. The fourth-order valence-electron chi connectivity index (χ4n) is 4.32. The number of nitrogens with one attached hydrogen (secondary N) is 2. The molecule has 0 heterocycles. The molecule has 3 rings (SSSR count). The lowest BCUT2D eigenvalue weighted by Crippen LogP contribution is -2.36. The van der Waals surface area contributed by atoms with Gasteiger partial charge in [-0.2, -0.15) is 0 Å². The number of carbonyl (C=O) groups excluding carboxylic acids is 3. The van der Waals surface area contributed by atoms with Crippen LogP contribution < -0.4 is 10.6 Å². The molecular formula is C24H34N2O4S. The summed E-state index contributed by atoms with van der Waals surface area (Å²) in [6.07, 6.45) is 12.4. The number of amides is 2. The molecule has 0 atom stereocenters. The number of ether oxygens (including phenoxy) is 1. The Balaban J connectivity index is 1.45. The van der Waals surface area contributed by atoms with Crippen LogP contribution in [-0.2, 0) is 14.3 Å². The quantitative estimate of drug-likeness (QED) is 0.461. The molecule has 0 bridgehead atoms. The summed E-state index contributed by atoms with van der Waals surface area (Å²) in [6.45, 7) is -0.281. The molecule has 1 aromatic rings. The first-order valence-electron chi connectivity index (χ1n) is 11.6. The maximum atomic E-state index is 12.5. The normalized spacial score (nSPS) is 18.1. The minimum absolute atomic E-state index is 0.00492. The molecule has 0 saturated heterocycles. The number of thioether (sulfide) groups is 1. The van der Waals surface area contributed by atoms with E-state index in [9.17, 15) is 14.4 Å². The van der Waals surface area contributed by atoms with E-state index in [1.165, 1.54) is 43.9 Å². The monoisotopic (exact) mass is 446 g/mol. The minimum Gasteiger partial charge on any atom is -0.452 e. The van der Waals surface area contributed by atoms with Gasteiger partial charge in [-0.05, 0) is 37.8 Å². The van der Waals surface area contributed by atoms with Crippen molar-refractivity contribution in [3.05, 3.63) is 29.8 Å². The Morgan fingerprint density at radius 2 is 1.35 bits per heavy atom. The second-order valence-corrected chi connectivity index (χ2v) is 9.54. The van der Waals surface area contributed by atoms with Crippen molar-refractivity contribution in [2.45, 2.75) is 87.6 Å². The molecule has 0 radical (unpaired) electrons. The second kappa shape index (κ2) is 12.7. The highest BCUT2D eigenvalue weighted by molar-refractivity contribution is 8.00. The highest BCUT2D eigenvalue weighted by Crippen LogP contribution is 2.24. The molecule has 2 aliphatic carbocycles. The standard InChI is InChI=1S/C24H34N2O4S/c27-22(25-18-12-6-7-13-18)16-30-24(29)20-14-8-9-15-21(20)31-17-23(28)26-19-10-4-2-1-3-5-11-19/h8-9,14-15,18-19H,1-7,10-13,16-17H2,(H,25,27)(H,26,28). The van der Waals surface area contributed by atoms with Crippen LogP contribution in [0.4, 0.5) is 0 Å². The van der Waals surface area contributed by atoms with E-state index in [2.05, 4.69) is 10.6 Å². The zero-order valence-electron chi connectivity index (χ0n) is 18.2. The first kappa shape index (κ1) is 23.6. The predicted octanol–water partition coefficient (Wildman–Crippen LogP) is 4.22. The zero-order valence-corrected chi connectivity index (χ0v) is 19.0. The van der Waals surface area contributed by atoms with Crippen LogP contribution in [0.3, 0.4) is 0 Å². The number of benzene rings is 1. The Morgan fingerprint density at radius 1 is 0.806 bits per heavy atom. The summed E-state index contributed by atoms with van der Waals surface area (Å²) in [5, 5.41) is 6.06. The smallest absolute Gasteiger partial charge is 0.339 e. The number of esters is 1. The van der Waals surface area contributed by atoms with Gasteiger partial charge in [-0.3, -0.25) is 9.59 Å². The van der Waals surface area contributed by atoms with E-state index in [-0.39, 0.29) is 36.3 Å². The minimum atomic E-state index is -0.537. The Morgan fingerprint density at radius 3 is 2.03 bits per heavy atom. The molecular weight excluding hydrogens is 412 g/mol. The van der Waals surface area contributed by atoms with Gasteiger partial charge in [-0.15, -0.1) is 11.8 Å². The molecule has 170 valence electrons. The van der Waals surface area contributed by atoms with Crippen LogP contribution in [0, 0.1) is 0 Å². The summed E-state index contributed by atoms with van der Waals surface area (Å²) in [5.41, 5.74) is 0.389. The van der Waals surface area contributed by atoms with Gasteiger partial charge >= 0.3 is 5.97 Å². The molecule has 0 aromatic heterocycles. The summed E-state index contributed by atoms with van der Waals surface area (Å²) < 4.78 is 5.23. The average molecular weight is 447 g/mol. The molecule has 2 fully saturated rings. The molecule has 7 heteroatoms. The molecule has 2 saturated carbocycles. The SMILES string of the molecule is O=C(COC(=O)c1ccccc1SCC(=O)NC1CCCCCCC1)NC1CCCC1. The van der Waals surface area contributed by atoms with Crippen molar-refractivity contribution in [1.29, 1.82) is 0 Å². The van der Waals surface area contributed by atoms with Crippen molar-refractivity contribution >= 4 is 29.5 Å². The molecule has 31 heavy (non-hydrogen) atoms. The van der Waals surface area contributed by atoms with Crippen molar-refractivity contribution < 1.29 is 19.1 Å². The molecule has 0 unspecified atom stereocenters. The van der Waals surface area contributed by atoms with Crippen molar-refractivity contribution in [3.8, 4) is 0 Å². The van der Waals surface area contributed by atoms with Crippen molar-refractivity contribution in [1.82, 2.24) is 10.6 Å². The number of hydrogen-bond acceptors (Lipinski definition) is 5. The topological polar surface area (TPSA) is 84.5 Å².